The first-order valence-electron chi connectivity index (χ1n) is 12.1. The standard InChI is InChI=1S/C29H27ClN2O5S/c1-28(2,3)20-8-12-22(13-9-20)32-25(33)17-38(36)29(32)23-15-19(26(34)37-4)7-14-24(23)31(27(29)35)16-18-5-10-21(30)11-6-18/h5-15H,16-17H2,1-4H3. The maximum atomic E-state index is 14.4. The topological polar surface area (TPSA) is 84.0 Å². The number of halogens is 1. The lowest BCUT2D eigenvalue weighted by Crippen LogP contribution is -2.52. The number of esters is 1. The summed E-state index contributed by atoms with van der Waals surface area (Å²) in [5.74, 6) is -1.83. The van der Waals surface area contributed by atoms with Crippen molar-refractivity contribution in [3.8, 4) is 0 Å². The Morgan fingerprint density at radius 2 is 1.68 bits per heavy atom. The number of amides is 2. The fraction of sp³-hybridized carbons (Fsp3) is 0.276. The van der Waals surface area contributed by atoms with E-state index in [1.54, 1.807) is 36.4 Å². The molecule has 9 heteroatoms. The molecule has 1 fully saturated rings. The summed E-state index contributed by atoms with van der Waals surface area (Å²) < 4.78 is 18.8. The van der Waals surface area contributed by atoms with Crippen LogP contribution in [-0.2, 0) is 42.0 Å². The second kappa shape index (κ2) is 9.36. The van der Waals surface area contributed by atoms with Crippen LogP contribution in [-0.4, -0.2) is 34.9 Å². The van der Waals surface area contributed by atoms with E-state index in [4.69, 9.17) is 16.3 Å². The van der Waals surface area contributed by atoms with Crippen molar-refractivity contribution in [3.05, 3.63) is 94.0 Å². The van der Waals surface area contributed by atoms with Crippen LogP contribution in [0, 0.1) is 0 Å². The van der Waals surface area contributed by atoms with E-state index in [0.717, 1.165) is 11.1 Å². The van der Waals surface area contributed by atoms with E-state index in [2.05, 4.69) is 20.8 Å². The first-order chi connectivity index (χ1) is 18.0. The van der Waals surface area contributed by atoms with Gasteiger partial charge in [0.05, 0.1) is 35.7 Å². The quantitative estimate of drug-likeness (QED) is 0.431. The second-order valence-electron chi connectivity index (χ2n) is 10.4. The van der Waals surface area contributed by atoms with Gasteiger partial charge in [0.2, 0.25) is 10.8 Å². The number of carbonyl (C=O) groups is 3. The van der Waals surface area contributed by atoms with E-state index >= 15 is 0 Å². The lowest BCUT2D eigenvalue weighted by Gasteiger charge is -2.33. The molecule has 0 aliphatic carbocycles. The van der Waals surface area contributed by atoms with Crippen LogP contribution < -0.4 is 9.80 Å². The van der Waals surface area contributed by atoms with Crippen LogP contribution in [0.1, 0.15) is 47.8 Å². The molecule has 0 bridgehead atoms. The molecular formula is C29H27ClN2O5S. The molecular weight excluding hydrogens is 524 g/mol. The molecule has 3 aromatic rings. The van der Waals surface area contributed by atoms with Gasteiger partial charge in [0.1, 0.15) is 5.75 Å². The molecule has 2 aliphatic rings. The summed E-state index contributed by atoms with van der Waals surface area (Å²) in [6, 6.07) is 19.2. The fourth-order valence-corrected chi connectivity index (χ4v) is 6.87. The van der Waals surface area contributed by atoms with Crippen molar-refractivity contribution >= 4 is 51.6 Å². The van der Waals surface area contributed by atoms with Crippen molar-refractivity contribution in [1.29, 1.82) is 0 Å². The number of nitrogens with zero attached hydrogens (tertiary/aromatic N) is 2. The van der Waals surface area contributed by atoms with Crippen LogP contribution in [0.3, 0.4) is 0 Å². The number of fused-ring (bicyclic) bond motifs is 2. The minimum Gasteiger partial charge on any atom is -0.465 e. The summed E-state index contributed by atoms with van der Waals surface area (Å²) in [6.45, 7) is 6.42. The number of carbonyl (C=O) groups excluding carboxylic acids is 3. The number of benzene rings is 3. The van der Waals surface area contributed by atoms with Gasteiger partial charge in [-0.25, -0.2) is 4.79 Å². The normalized spacial score (nSPS) is 20.8. The predicted octanol–water partition coefficient (Wildman–Crippen LogP) is 4.92. The average Bonchev–Trinajstić information content (AvgIpc) is 3.29. The van der Waals surface area contributed by atoms with Crippen molar-refractivity contribution in [2.75, 3.05) is 22.7 Å². The number of anilines is 2. The van der Waals surface area contributed by atoms with E-state index in [0.29, 0.717) is 22.0 Å². The summed E-state index contributed by atoms with van der Waals surface area (Å²) in [5.41, 5.74) is 3.23. The van der Waals surface area contributed by atoms with Crippen molar-refractivity contribution < 1.29 is 23.3 Å². The highest BCUT2D eigenvalue weighted by atomic mass is 35.5. The number of hydrogen-bond donors (Lipinski definition) is 0. The largest absolute Gasteiger partial charge is 0.465 e. The molecule has 2 atom stereocenters. The summed E-state index contributed by atoms with van der Waals surface area (Å²) in [7, 11) is -0.658. The highest BCUT2D eigenvalue weighted by molar-refractivity contribution is 7.88. The minimum atomic E-state index is -1.93. The molecule has 0 N–H and O–H groups in total. The Kier molecular flexibility index (Phi) is 6.44. The molecule has 5 rings (SSSR count). The summed E-state index contributed by atoms with van der Waals surface area (Å²) in [6.07, 6.45) is 0. The summed E-state index contributed by atoms with van der Waals surface area (Å²) in [4.78, 5) is 41.3. The zero-order valence-electron chi connectivity index (χ0n) is 21.5. The minimum absolute atomic E-state index is 0.116. The van der Waals surface area contributed by atoms with Gasteiger partial charge in [-0.1, -0.05) is 56.6 Å². The maximum absolute atomic E-state index is 14.4. The van der Waals surface area contributed by atoms with Gasteiger partial charge in [0, 0.05) is 16.3 Å². The number of ether oxygens (including phenoxy) is 1. The molecule has 1 spiro atoms. The highest BCUT2D eigenvalue weighted by Crippen LogP contribution is 2.51. The van der Waals surface area contributed by atoms with Crippen LogP contribution in [0.15, 0.2) is 66.7 Å². The molecule has 2 unspecified atom stereocenters. The Hall–Kier alpha value is -3.49. The van der Waals surface area contributed by atoms with Crippen LogP contribution in [0.2, 0.25) is 5.02 Å². The van der Waals surface area contributed by atoms with Crippen molar-refractivity contribution in [2.45, 2.75) is 37.6 Å². The average molecular weight is 551 g/mol. The molecule has 0 saturated carbocycles. The third kappa shape index (κ3) is 4.03. The Morgan fingerprint density at radius 1 is 1.03 bits per heavy atom. The van der Waals surface area contributed by atoms with Crippen molar-refractivity contribution in [2.24, 2.45) is 0 Å². The van der Waals surface area contributed by atoms with Crippen molar-refractivity contribution in [1.82, 2.24) is 0 Å². The van der Waals surface area contributed by atoms with E-state index < -0.39 is 33.5 Å². The predicted molar refractivity (Wildman–Crippen MR) is 148 cm³/mol. The third-order valence-electron chi connectivity index (χ3n) is 7.00. The number of rotatable bonds is 4. The van der Waals surface area contributed by atoms with Gasteiger partial charge in [-0.3, -0.25) is 18.7 Å². The van der Waals surface area contributed by atoms with Gasteiger partial charge in [-0.05, 0) is 59.0 Å². The lowest BCUT2D eigenvalue weighted by molar-refractivity contribution is -0.123. The Labute approximate surface area is 228 Å². The fourth-order valence-electron chi connectivity index (χ4n) is 5.06. The molecule has 7 nitrogen and oxygen atoms in total. The van der Waals surface area contributed by atoms with Crippen LogP contribution in [0.4, 0.5) is 11.4 Å². The van der Waals surface area contributed by atoms with E-state index in [-0.39, 0.29) is 23.3 Å². The SMILES string of the molecule is COC(=O)c1ccc2c(c1)C1(C(=O)N2Cc2ccc(Cl)cc2)N(c2ccc(C(C)(C)C)cc2)C(=O)CS1=O. The van der Waals surface area contributed by atoms with Gasteiger partial charge >= 0.3 is 5.97 Å². The summed E-state index contributed by atoms with van der Waals surface area (Å²) in [5, 5.41) is 0.563. The van der Waals surface area contributed by atoms with Gasteiger partial charge in [-0.15, -0.1) is 0 Å². The Balaban J connectivity index is 1.70. The van der Waals surface area contributed by atoms with Gasteiger partial charge < -0.3 is 9.64 Å². The molecule has 0 aromatic heterocycles. The lowest BCUT2D eigenvalue weighted by atomic mass is 9.87. The number of hydrogen-bond acceptors (Lipinski definition) is 5. The zero-order chi connectivity index (χ0) is 27.4. The van der Waals surface area contributed by atoms with Gasteiger partial charge in [0.15, 0.2) is 0 Å². The smallest absolute Gasteiger partial charge is 0.337 e. The Morgan fingerprint density at radius 3 is 2.29 bits per heavy atom. The van der Waals surface area contributed by atoms with E-state index in [9.17, 15) is 18.6 Å². The van der Waals surface area contributed by atoms with Crippen molar-refractivity contribution in [3.63, 3.8) is 0 Å². The molecule has 1 saturated heterocycles. The van der Waals surface area contributed by atoms with E-state index in [1.165, 1.54) is 23.0 Å². The molecule has 0 radical (unpaired) electrons. The third-order valence-corrected chi connectivity index (χ3v) is 9.00. The first kappa shape index (κ1) is 26.1. The van der Waals surface area contributed by atoms with Gasteiger partial charge in [0.25, 0.3) is 5.91 Å². The molecule has 2 aliphatic heterocycles. The first-order valence-corrected chi connectivity index (χ1v) is 13.8. The molecule has 2 heterocycles. The van der Waals surface area contributed by atoms with Gasteiger partial charge in [-0.2, -0.15) is 0 Å². The van der Waals surface area contributed by atoms with Crippen LogP contribution >= 0.6 is 11.6 Å². The van der Waals surface area contributed by atoms with Crippen LogP contribution in [0.5, 0.6) is 0 Å². The zero-order valence-corrected chi connectivity index (χ0v) is 23.1. The number of methoxy groups -OCH3 is 1. The molecule has 38 heavy (non-hydrogen) atoms. The molecule has 2 amide bonds. The second-order valence-corrected chi connectivity index (χ2v) is 12.4. The maximum Gasteiger partial charge on any atom is 0.337 e. The highest BCUT2D eigenvalue weighted by Gasteiger charge is 2.65. The monoisotopic (exact) mass is 550 g/mol. The Bertz CT molecular complexity index is 1480. The molecule has 196 valence electrons. The van der Waals surface area contributed by atoms with Crippen LogP contribution in [0.25, 0.3) is 0 Å². The molecule has 3 aromatic carbocycles. The van der Waals surface area contributed by atoms with E-state index in [1.807, 2.05) is 24.3 Å². The summed E-state index contributed by atoms with van der Waals surface area (Å²) >= 11 is 6.05.